The van der Waals surface area contributed by atoms with Crippen molar-refractivity contribution in [1.82, 2.24) is 5.32 Å². The zero-order chi connectivity index (χ0) is 14.7. The van der Waals surface area contributed by atoms with Gasteiger partial charge in [-0.25, -0.2) is 0 Å². The molecule has 1 aromatic carbocycles. The summed E-state index contributed by atoms with van der Waals surface area (Å²) in [5, 5.41) is 13.5. The van der Waals surface area contributed by atoms with Crippen molar-refractivity contribution in [2.24, 2.45) is 0 Å². The van der Waals surface area contributed by atoms with Gasteiger partial charge in [0.05, 0.1) is 19.8 Å². The average Bonchev–Trinajstić information content (AvgIpc) is 2.34. The molecule has 0 radical (unpaired) electrons. The first-order chi connectivity index (χ1) is 8.71. The van der Waals surface area contributed by atoms with Crippen LogP contribution in [0.4, 0.5) is 0 Å². The van der Waals surface area contributed by atoms with Crippen LogP contribution in [0.15, 0.2) is 18.2 Å². The van der Waals surface area contributed by atoms with Gasteiger partial charge >= 0.3 is 0 Å². The molecule has 0 atom stereocenters. The first-order valence-corrected chi connectivity index (χ1v) is 6.39. The summed E-state index contributed by atoms with van der Waals surface area (Å²) in [7, 11) is 3.24. The molecule has 2 N–H and O–H groups in total. The molecule has 1 aromatic rings. The Hall–Kier alpha value is -1.26. The van der Waals surface area contributed by atoms with Gasteiger partial charge in [-0.3, -0.25) is 0 Å². The summed E-state index contributed by atoms with van der Waals surface area (Å²) in [5.74, 6) is 1.43. The molecule has 0 amide bonds. The standard InChI is InChI=1S/C15H25NO3/c1-14(2,15(3,4)17)16-10-11-7-8-12(18-5)13(9-11)19-6/h7-9,16-17H,10H2,1-6H3. The predicted octanol–water partition coefficient (Wildman–Crippen LogP) is 2.34. The maximum absolute atomic E-state index is 10.1. The fourth-order valence-electron chi connectivity index (χ4n) is 1.53. The molecule has 0 bridgehead atoms. The van der Waals surface area contributed by atoms with Crippen molar-refractivity contribution in [3.63, 3.8) is 0 Å². The number of methoxy groups -OCH3 is 2. The maximum atomic E-state index is 10.1. The molecule has 0 saturated carbocycles. The Balaban J connectivity index is 2.79. The molecular weight excluding hydrogens is 242 g/mol. The summed E-state index contributed by atoms with van der Waals surface area (Å²) in [5.41, 5.74) is -0.112. The van der Waals surface area contributed by atoms with Crippen LogP contribution in [0.2, 0.25) is 0 Å². The third kappa shape index (κ3) is 3.85. The highest BCUT2D eigenvalue weighted by Gasteiger charge is 2.34. The summed E-state index contributed by atoms with van der Waals surface area (Å²) < 4.78 is 10.5. The van der Waals surface area contributed by atoms with Gasteiger partial charge in [0, 0.05) is 12.1 Å². The average molecular weight is 267 g/mol. The fraction of sp³-hybridized carbons (Fsp3) is 0.600. The van der Waals surface area contributed by atoms with Crippen molar-refractivity contribution in [3.05, 3.63) is 23.8 Å². The monoisotopic (exact) mass is 267 g/mol. The highest BCUT2D eigenvalue weighted by molar-refractivity contribution is 5.42. The Bertz CT molecular complexity index is 422. The highest BCUT2D eigenvalue weighted by atomic mass is 16.5. The van der Waals surface area contributed by atoms with Crippen LogP contribution in [0, 0.1) is 0 Å². The summed E-state index contributed by atoms with van der Waals surface area (Å²) in [4.78, 5) is 0. The van der Waals surface area contributed by atoms with Crippen LogP contribution in [0.1, 0.15) is 33.3 Å². The zero-order valence-electron chi connectivity index (χ0n) is 12.7. The van der Waals surface area contributed by atoms with Gasteiger partial charge in [-0.05, 0) is 45.4 Å². The van der Waals surface area contributed by atoms with E-state index in [1.807, 2.05) is 32.0 Å². The first kappa shape index (κ1) is 15.8. The van der Waals surface area contributed by atoms with Crippen molar-refractivity contribution in [3.8, 4) is 11.5 Å². The Labute approximate surface area is 115 Å². The Morgan fingerprint density at radius 1 is 1.05 bits per heavy atom. The minimum atomic E-state index is -0.802. The van der Waals surface area contributed by atoms with Crippen LogP contribution in [0.5, 0.6) is 11.5 Å². The van der Waals surface area contributed by atoms with Gasteiger partial charge in [-0.1, -0.05) is 6.07 Å². The van der Waals surface area contributed by atoms with Crippen LogP contribution in [0.25, 0.3) is 0 Å². The normalized spacial score (nSPS) is 12.4. The number of nitrogens with one attached hydrogen (secondary N) is 1. The third-order valence-corrected chi connectivity index (χ3v) is 3.71. The molecule has 0 fully saturated rings. The second kappa shape index (κ2) is 5.80. The van der Waals surface area contributed by atoms with E-state index in [1.54, 1.807) is 28.1 Å². The number of hydrogen-bond donors (Lipinski definition) is 2. The van der Waals surface area contributed by atoms with Gasteiger partial charge in [-0.2, -0.15) is 0 Å². The van der Waals surface area contributed by atoms with Crippen LogP contribution in [-0.4, -0.2) is 30.5 Å². The molecule has 0 aliphatic carbocycles. The van der Waals surface area contributed by atoms with Gasteiger partial charge in [0.2, 0.25) is 0 Å². The summed E-state index contributed by atoms with van der Waals surface area (Å²) in [6.45, 7) is 8.21. The van der Waals surface area contributed by atoms with E-state index >= 15 is 0 Å². The number of rotatable bonds is 6. The van der Waals surface area contributed by atoms with E-state index in [1.165, 1.54) is 0 Å². The number of ether oxygens (including phenoxy) is 2. The molecule has 0 aliphatic heterocycles. The lowest BCUT2D eigenvalue weighted by Gasteiger charge is -2.38. The smallest absolute Gasteiger partial charge is 0.161 e. The second-order valence-corrected chi connectivity index (χ2v) is 5.73. The zero-order valence-corrected chi connectivity index (χ0v) is 12.7. The number of hydrogen-bond acceptors (Lipinski definition) is 4. The lowest BCUT2D eigenvalue weighted by molar-refractivity contribution is -0.00532. The van der Waals surface area contributed by atoms with Gasteiger partial charge in [0.1, 0.15) is 0 Å². The van der Waals surface area contributed by atoms with Gasteiger partial charge in [-0.15, -0.1) is 0 Å². The second-order valence-electron chi connectivity index (χ2n) is 5.73. The summed E-state index contributed by atoms with van der Waals surface area (Å²) >= 11 is 0. The minimum absolute atomic E-state index is 0.389. The molecule has 0 aliphatic rings. The highest BCUT2D eigenvalue weighted by Crippen LogP contribution is 2.28. The van der Waals surface area contributed by atoms with Crippen LogP contribution < -0.4 is 14.8 Å². The van der Waals surface area contributed by atoms with E-state index in [9.17, 15) is 5.11 Å². The van der Waals surface area contributed by atoms with E-state index in [0.29, 0.717) is 18.0 Å². The third-order valence-electron chi connectivity index (χ3n) is 3.71. The molecular formula is C15H25NO3. The van der Waals surface area contributed by atoms with E-state index in [2.05, 4.69) is 5.32 Å². The SMILES string of the molecule is COc1ccc(CNC(C)(C)C(C)(C)O)cc1OC. The molecule has 108 valence electrons. The Morgan fingerprint density at radius 2 is 1.63 bits per heavy atom. The molecule has 19 heavy (non-hydrogen) atoms. The first-order valence-electron chi connectivity index (χ1n) is 6.39. The van der Waals surface area contributed by atoms with Crippen molar-refractivity contribution in [2.75, 3.05) is 14.2 Å². The molecule has 0 aromatic heterocycles. The van der Waals surface area contributed by atoms with E-state index in [4.69, 9.17) is 9.47 Å². The van der Waals surface area contributed by atoms with Crippen LogP contribution >= 0.6 is 0 Å². The number of aliphatic hydroxyl groups is 1. The molecule has 0 saturated heterocycles. The van der Waals surface area contributed by atoms with E-state index in [-0.39, 0.29) is 5.54 Å². The molecule has 4 heteroatoms. The van der Waals surface area contributed by atoms with Crippen molar-refractivity contribution in [2.45, 2.75) is 45.4 Å². The van der Waals surface area contributed by atoms with E-state index < -0.39 is 5.60 Å². The van der Waals surface area contributed by atoms with Crippen molar-refractivity contribution in [1.29, 1.82) is 0 Å². The molecule has 0 heterocycles. The topological polar surface area (TPSA) is 50.7 Å². The molecule has 0 unspecified atom stereocenters. The Kier molecular flexibility index (Phi) is 4.82. The molecule has 0 spiro atoms. The molecule has 4 nitrogen and oxygen atoms in total. The lowest BCUT2D eigenvalue weighted by atomic mass is 9.86. The largest absolute Gasteiger partial charge is 0.493 e. The van der Waals surface area contributed by atoms with Gasteiger partial charge in [0.15, 0.2) is 11.5 Å². The van der Waals surface area contributed by atoms with Gasteiger partial charge in [0.25, 0.3) is 0 Å². The summed E-state index contributed by atoms with van der Waals surface area (Å²) in [6.07, 6.45) is 0. The predicted molar refractivity (Wildman–Crippen MR) is 76.8 cm³/mol. The van der Waals surface area contributed by atoms with Gasteiger partial charge < -0.3 is 19.9 Å². The minimum Gasteiger partial charge on any atom is -0.493 e. The number of benzene rings is 1. The van der Waals surface area contributed by atoms with Crippen molar-refractivity contribution < 1.29 is 14.6 Å². The fourth-order valence-corrected chi connectivity index (χ4v) is 1.53. The van der Waals surface area contributed by atoms with Crippen LogP contribution in [0.3, 0.4) is 0 Å². The lowest BCUT2D eigenvalue weighted by Crippen LogP contribution is -2.55. The molecule has 1 rings (SSSR count). The van der Waals surface area contributed by atoms with E-state index in [0.717, 1.165) is 5.56 Å². The maximum Gasteiger partial charge on any atom is 0.161 e. The van der Waals surface area contributed by atoms with Crippen molar-refractivity contribution >= 4 is 0 Å². The quantitative estimate of drug-likeness (QED) is 0.830. The summed E-state index contributed by atoms with van der Waals surface area (Å²) in [6, 6.07) is 5.80. The van der Waals surface area contributed by atoms with Crippen LogP contribution in [-0.2, 0) is 6.54 Å². The Morgan fingerprint density at radius 3 is 2.11 bits per heavy atom.